The predicted octanol–water partition coefficient (Wildman–Crippen LogP) is 3.61. The number of hydrogen-bond acceptors (Lipinski definition) is 2. The number of nitrogens with zero attached hydrogens (tertiary/aromatic N) is 2. The van der Waals surface area contributed by atoms with Crippen molar-refractivity contribution in [2.24, 2.45) is 0 Å². The molecule has 0 fully saturated rings. The van der Waals surface area contributed by atoms with Gasteiger partial charge in [0.05, 0.1) is 0 Å². The Morgan fingerprint density at radius 2 is 1.90 bits per heavy atom. The summed E-state index contributed by atoms with van der Waals surface area (Å²) in [7, 11) is 0. The number of aromatic nitrogens is 1. The number of aryl methyl sites for hydroxylation is 1. The highest BCUT2D eigenvalue weighted by atomic mass is 32.1. The zero-order valence-corrected chi connectivity index (χ0v) is 12.7. The first-order valence-corrected chi connectivity index (χ1v) is 7.12. The number of nitrogens with one attached hydrogen (secondary N) is 1. The largest absolute Gasteiger partial charge is 0.345 e. The quantitative estimate of drug-likeness (QED) is 0.869. The first-order chi connectivity index (χ1) is 9.70. The van der Waals surface area contributed by atoms with Gasteiger partial charge in [-0.3, -0.25) is 4.98 Å². The van der Waals surface area contributed by atoms with Gasteiger partial charge in [-0.2, -0.15) is 0 Å². The maximum absolute atomic E-state index is 5.49. The molecular weight excluding hydrogens is 266 g/mol. The van der Waals surface area contributed by atoms with E-state index in [0.717, 1.165) is 23.9 Å². The highest BCUT2D eigenvalue weighted by Crippen LogP contribution is 2.12. The fraction of sp³-hybridized carbons (Fsp3) is 0.250. The highest BCUT2D eigenvalue weighted by molar-refractivity contribution is 7.80. The molecule has 1 heterocycles. The number of thiocarbonyl (C=S) groups is 1. The Labute approximate surface area is 125 Å². The first-order valence-electron chi connectivity index (χ1n) is 6.71. The molecule has 0 aliphatic rings. The second-order valence-electron chi connectivity index (χ2n) is 4.61. The standard InChI is InChI=1S/C16H19N3S/c1-3-19(12-14-7-5-4-6-13(14)2)16(20)18-15-8-10-17-11-9-15/h4-11H,3,12H2,1-2H3,(H,17,18,20). The van der Waals surface area contributed by atoms with Gasteiger partial charge >= 0.3 is 0 Å². The zero-order chi connectivity index (χ0) is 14.4. The Kier molecular flexibility index (Phi) is 5.07. The van der Waals surface area contributed by atoms with Crippen LogP contribution in [0.5, 0.6) is 0 Å². The van der Waals surface area contributed by atoms with E-state index in [2.05, 4.69) is 53.3 Å². The third-order valence-corrected chi connectivity index (χ3v) is 3.58. The van der Waals surface area contributed by atoms with E-state index < -0.39 is 0 Å². The average molecular weight is 285 g/mol. The van der Waals surface area contributed by atoms with Crippen LogP contribution in [0.4, 0.5) is 5.69 Å². The Hall–Kier alpha value is -1.94. The molecular formula is C16H19N3S. The van der Waals surface area contributed by atoms with E-state index in [1.54, 1.807) is 12.4 Å². The van der Waals surface area contributed by atoms with Crippen LogP contribution in [-0.4, -0.2) is 21.5 Å². The van der Waals surface area contributed by atoms with Gasteiger partial charge < -0.3 is 10.2 Å². The third kappa shape index (κ3) is 3.78. The summed E-state index contributed by atoms with van der Waals surface area (Å²) in [5.41, 5.74) is 3.55. The fourth-order valence-corrected chi connectivity index (χ4v) is 2.27. The summed E-state index contributed by atoms with van der Waals surface area (Å²) in [4.78, 5) is 6.15. The minimum absolute atomic E-state index is 0.738. The van der Waals surface area contributed by atoms with Crippen LogP contribution in [0.15, 0.2) is 48.8 Å². The number of pyridine rings is 1. The van der Waals surface area contributed by atoms with Gasteiger partial charge in [-0.1, -0.05) is 24.3 Å². The molecule has 0 aliphatic carbocycles. The smallest absolute Gasteiger partial charge is 0.173 e. The van der Waals surface area contributed by atoms with Crippen LogP contribution in [0.3, 0.4) is 0 Å². The van der Waals surface area contributed by atoms with Crippen molar-refractivity contribution in [1.82, 2.24) is 9.88 Å². The van der Waals surface area contributed by atoms with Crippen LogP contribution in [0, 0.1) is 6.92 Å². The van der Waals surface area contributed by atoms with Crippen LogP contribution in [0.25, 0.3) is 0 Å². The molecule has 2 rings (SSSR count). The van der Waals surface area contributed by atoms with Crippen LogP contribution in [0.1, 0.15) is 18.1 Å². The monoisotopic (exact) mass is 285 g/mol. The summed E-state index contributed by atoms with van der Waals surface area (Å²) in [6.45, 7) is 5.92. The van der Waals surface area contributed by atoms with Crippen LogP contribution >= 0.6 is 12.2 Å². The number of benzene rings is 1. The molecule has 0 atom stereocenters. The maximum Gasteiger partial charge on any atom is 0.173 e. The molecule has 0 aliphatic heterocycles. The fourth-order valence-electron chi connectivity index (χ4n) is 1.96. The molecule has 0 unspecified atom stereocenters. The molecule has 104 valence electrons. The minimum Gasteiger partial charge on any atom is -0.345 e. The van der Waals surface area contributed by atoms with Gasteiger partial charge in [0.15, 0.2) is 5.11 Å². The van der Waals surface area contributed by atoms with Gasteiger partial charge in [-0.15, -0.1) is 0 Å². The number of rotatable bonds is 4. The van der Waals surface area contributed by atoms with Gasteiger partial charge in [0.25, 0.3) is 0 Å². The lowest BCUT2D eigenvalue weighted by molar-refractivity contribution is 0.441. The highest BCUT2D eigenvalue weighted by Gasteiger charge is 2.09. The molecule has 3 nitrogen and oxygen atoms in total. The van der Waals surface area contributed by atoms with Crippen molar-refractivity contribution in [2.45, 2.75) is 20.4 Å². The van der Waals surface area contributed by atoms with Gasteiger partial charge in [0.1, 0.15) is 0 Å². The van der Waals surface area contributed by atoms with E-state index in [1.807, 2.05) is 12.1 Å². The predicted molar refractivity (Wildman–Crippen MR) is 87.7 cm³/mol. The Morgan fingerprint density at radius 3 is 2.55 bits per heavy atom. The van der Waals surface area contributed by atoms with Crippen molar-refractivity contribution < 1.29 is 0 Å². The molecule has 4 heteroatoms. The molecule has 1 aromatic heterocycles. The van der Waals surface area contributed by atoms with E-state index in [1.165, 1.54) is 11.1 Å². The van der Waals surface area contributed by atoms with Gasteiger partial charge in [0.2, 0.25) is 0 Å². The summed E-state index contributed by atoms with van der Waals surface area (Å²) in [6.07, 6.45) is 3.51. The van der Waals surface area contributed by atoms with E-state index in [4.69, 9.17) is 12.2 Å². The van der Waals surface area contributed by atoms with E-state index in [0.29, 0.717) is 0 Å². The molecule has 2 aromatic rings. The number of hydrogen-bond donors (Lipinski definition) is 1. The Balaban J connectivity index is 2.05. The van der Waals surface area contributed by atoms with E-state index in [9.17, 15) is 0 Å². The van der Waals surface area contributed by atoms with Crippen molar-refractivity contribution in [3.8, 4) is 0 Å². The molecule has 20 heavy (non-hydrogen) atoms. The summed E-state index contributed by atoms with van der Waals surface area (Å²) < 4.78 is 0. The van der Waals surface area contributed by atoms with Gasteiger partial charge in [-0.25, -0.2) is 0 Å². The lowest BCUT2D eigenvalue weighted by atomic mass is 10.1. The van der Waals surface area contributed by atoms with Crippen molar-refractivity contribution in [2.75, 3.05) is 11.9 Å². The third-order valence-electron chi connectivity index (χ3n) is 3.22. The summed E-state index contributed by atoms with van der Waals surface area (Å²) >= 11 is 5.49. The summed E-state index contributed by atoms with van der Waals surface area (Å²) in [5, 5.41) is 3.99. The van der Waals surface area contributed by atoms with Crippen molar-refractivity contribution in [3.63, 3.8) is 0 Å². The SMILES string of the molecule is CCN(Cc1ccccc1C)C(=S)Nc1ccncc1. The molecule has 0 amide bonds. The number of anilines is 1. The Bertz CT molecular complexity index is 569. The lowest BCUT2D eigenvalue weighted by Crippen LogP contribution is -2.34. The normalized spacial score (nSPS) is 10.1. The topological polar surface area (TPSA) is 28.2 Å². The van der Waals surface area contributed by atoms with Gasteiger partial charge in [-0.05, 0) is 49.3 Å². The zero-order valence-electron chi connectivity index (χ0n) is 11.8. The Morgan fingerprint density at radius 1 is 1.20 bits per heavy atom. The second kappa shape index (κ2) is 7.01. The van der Waals surface area contributed by atoms with E-state index in [-0.39, 0.29) is 0 Å². The summed E-state index contributed by atoms with van der Waals surface area (Å²) in [5.74, 6) is 0. The van der Waals surface area contributed by atoms with E-state index >= 15 is 0 Å². The average Bonchev–Trinajstić information content (AvgIpc) is 2.47. The van der Waals surface area contributed by atoms with Crippen LogP contribution < -0.4 is 5.32 Å². The van der Waals surface area contributed by atoms with Crippen LogP contribution in [-0.2, 0) is 6.54 Å². The summed E-state index contributed by atoms with van der Waals surface area (Å²) in [6, 6.07) is 12.2. The molecule has 0 saturated carbocycles. The molecule has 0 spiro atoms. The maximum atomic E-state index is 5.49. The molecule has 1 aromatic carbocycles. The van der Waals surface area contributed by atoms with Crippen LogP contribution in [0.2, 0.25) is 0 Å². The van der Waals surface area contributed by atoms with Gasteiger partial charge in [0, 0.05) is 31.2 Å². The first kappa shape index (κ1) is 14.5. The lowest BCUT2D eigenvalue weighted by Gasteiger charge is -2.25. The molecule has 1 N–H and O–H groups in total. The molecule has 0 saturated heterocycles. The molecule has 0 radical (unpaired) electrons. The second-order valence-corrected chi connectivity index (χ2v) is 4.99. The van der Waals surface area contributed by atoms with Crippen molar-refractivity contribution in [3.05, 3.63) is 59.9 Å². The minimum atomic E-state index is 0.738. The molecule has 0 bridgehead atoms. The van der Waals surface area contributed by atoms with Crippen molar-refractivity contribution >= 4 is 23.0 Å². The van der Waals surface area contributed by atoms with Crippen molar-refractivity contribution in [1.29, 1.82) is 0 Å².